The summed E-state index contributed by atoms with van der Waals surface area (Å²) in [5, 5.41) is 13.2. The van der Waals surface area contributed by atoms with E-state index in [4.69, 9.17) is 11.6 Å². The van der Waals surface area contributed by atoms with Gasteiger partial charge in [0.25, 0.3) is 0 Å². The Kier molecular flexibility index (Phi) is 4.77. The van der Waals surface area contributed by atoms with Crippen LogP contribution in [0.5, 0.6) is 0 Å². The van der Waals surface area contributed by atoms with Gasteiger partial charge in [-0.15, -0.1) is 10.2 Å². The fourth-order valence-electron chi connectivity index (χ4n) is 4.84. The maximum absolute atomic E-state index is 14.2. The van der Waals surface area contributed by atoms with Crippen molar-refractivity contribution >= 4 is 17.8 Å². The minimum absolute atomic E-state index is 0.0893. The molecular weight excluding hydrogens is 377 g/mol. The third kappa shape index (κ3) is 3.18. The van der Waals surface area contributed by atoms with Crippen LogP contribution in [0.1, 0.15) is 48.8 Å². The predicted molar refractivity (Wildman–Crippen MR) is 108 cm³/mol. The summed E-state index contributed by atoms with van der Waals surface area (Å²) >= 11 is 6.21. The molecule has 1 saturated carbocycles. The summed E-state index contributed by atoms with van der Waals surface area (Å²) in [7, 11) is 0. The van der Waals surface area contributed by atoms with E-state index >= 15 is 0 Å². The van der Waals surface area contributed by atoms with Gasteiger partial charge in [0.1, 0.15) is 5.82 Å². The quantitative estimate of drug-likeness (QED) is 0.764. The second-order valence-electron chi connectivity index (χ2n) is 7.93. The van der Waals surface area contributed by atoms with E-state index in [0.29, 0.717) is 18.4 Å². The van der Waals surface area contributed by atoms with Crippen LogP contribution in [-0.4, -0.2) is 27.3 Å². The Morgan fingerprint density at radius 2 is 1.96 bits per heavy atom. The largest absolute Gasteiger partial charge is 0.306 e. The molecule has 28 heavy (non-hydrogen) atoms. The Bertz CT molecular complexity index is 929. The zero-order valence-corrected chi connectivity index (χ0v) is 16.3. The standard InChI is InChI=1S/C21H23ClFN5/c22-16-7-8-18-15(10-16)11-24-12-19-26-27-21(28(18)19)14-5-3-13(4-6-14)17-2-1-9-25-20(17)23/h1-2,7-10,13-14,17,20,24H,3-6,11-12H2. The van der Waals surface area contributed by atoms with Crippen molar-refractivity contribution in [1.29, 1.82) is 0 Å². The number of fused-ring (bicyclic) bond motifs is 3. The van der Waals surface area contributed by atoms with Gasteiger partial charge < -0.3 is 5.32 Å². The van der Waals surface area contributed by atoms with Gasteiger partial charge in [0, 0.05) is 29.6 Å². The number of hydrogen-bond acceptors (Lipinski definition) is 4. The van der Waals surface area contributed by atoms with Gasteiger partial charge >= 0.3 is 0 Å². The topological polar surface area (TPSA) is 55.1 Å². The van der Waals surface area contributed by atoms with Crippen molar-refractivity contribution < 1.29 is 4.39 Å². The lowest BCUT2D eigenvalue weighted by molar-refractivity contribution is 0.166. The first-order valence-corrected chi connectivity index (χ1v) is 10.4. The molecule has 5 rings (SSSR count). The van der Waals surface area contributed by atoms with Crippen LogP contribution in [0.3, 0.4) is 0 Å². The van der Waals surface area contributed by atoms with Gasteiger partial charge in [-0.1, -0.05) is 17.7 Å². The highest BCUT2D eigenvalue weighted by molar-refractivity contribution is 6.30. The molecule has 1 aromatic heterocycles. The second kappa shape index (κ2) is 7.41. The Labute approximate surface area is 168 Å². The number of alkyl halides is 1. The highest BCUT2D eigenvalue weighted by Crippen LogP contribution is 2.41. The number of benzene rings is 1. The Hall–Kier alpha value is -2.05. The minimum atomic E-state index is -1.10. The van der Waals surface area contributed by atoms with Crippen LogP contribution in [0.25, 0.3) is 5.69 Å². The molecule has 2 atom stereocenters. The third-order valence-electron chi connectivity index (χ3n) is 6.28. The number of dihydropyridines is 1. The van der Waals surface area contributed by atoms with Crippen molar-refractivity contribution in [1.82, 2.24) is 20.1 Å². The molecule has 146 valence electrons. The van der Waals surface area contributed by atoms with Crippen LogP contribution in [0, 0.1) is 11.8 Å². The SMILES string of the molecule is FC1N=CC=CC1C1CCC(c2nnc3n2-c2ccc(Cl)cc2CNC3)CC1. The van der Waals surface area contributed by atoms with E-state index in [1.54, 1.807) is 6.21 Å². The fraction of sp³-hybridized carbons (Fsp3) is 0.476. The maximum Gasteiger partial charge on any atom is 0.196 e. The van der Waals surface area contributed by atoms with Crippen LogP contribution in [0.4, 0.5) is 4.39 Å². The zero-order chi connectivity index (χ0) is 19.1. The van der Waals surface area contributed by atoms with E-state index in [0.717, 1.165) is 60.2 Å². The van der Waals surface area contributed by atoms with E-state index in [-0.39, 0.29) is 5.92 Å². The summed E-state index contributed by atoms with van der Waals surface area (Å²) < 4.78 is 16.4. The maximum atomic E-state index is 14.2. The number of hydrogen-bond donors (Lipinski definition) is 1. The first kappa shape index (κ1) is 18.0. The van der Waals surface area contributed by atoms with Crippen molar-refractivity contribution in [3.63, 3.8) is 0 Å². The molecule has 1 fully saturated rings. The average Bonchev–Trinajstić information content (AvgIpc) is 3.04. The third-order valence-corrected chi connectivity index (χ3v) is 6.52. The van der Waals surface area contributed by atoms with E-state index in [9.17, 15) is 4.39 Å². The molecule has 0 radical (unpaired) electrons. The lowest BCUT2D eigenvalue weighted by atomic mass is 9.74. The lowest BCUT2D eigenvalue weighted by Gasteiger charge is -2.33. The molecule has 2 aliphatic heterocycles. The molecule has 3 aliphatic rings. The van der Waals surface area contributed by atoms with Crippen molar-refractivity contribution in [2.45, 2.75) is 51.0 Å². The molecule has 7 heteroatoms. The number of halogens is 2. The average molecular weight is 400 g/mol. The molecule has 0 amide bonds. The summed E-state index contributed by atoms with van der Waals surface area (Å²) in [5.74, 6) is 2.56. The van der Waals surface area contributed by atoms with E-state index in [1.165, 1.54) is 0 Å². The van der Waals surface area contributed by atoms with Gasteiger partial charge in [-0.25, -0.2) is 4.39 Å². The highest BCUT2D eigenvalue weighted by atomic mass is 35.5. The van der Waals surface area contributed by atoms with E-state index in [1.807, 2.05) is 24.3 Å². The van der Waals surface area contributed by atoms with Gasteiger partial charge in [-0.05, 0) is 61.4 Å². The molecule has 1 aromatic carbocycles. The monoisotopic (exact) mass is 399 g/mol. The molecule has 2 unspecified atom stereocenters. The van der Waals surface area contributed by atoms with Crippen molar-refractivity contribution in [3.8, 4) is 5.69 Å². The minimum Gasteiger partial charge on any atom is -0.306 e. The number of aromatic nitrogens is 3. The summed E-state index contributed by atoms with van der Waals surface area (Å²) in [6.07, 6.45) is 8.30. The fourth-order valence-corrected chi connectivity index (χ4v) is 5.03. The Balaban J connectivity index is 1.40. The van der Waals surface area contributed by atoms with Crippen LogP contribution in [0.15, 0.2) is 35.3 Å². The first-order valence-electron chi connectivity index (χ1n) is 9.98. The number of allylic oxidation sites excluding steroid dienone is 1. The van der Waals surface area contributed by atoms with Crippen molar-refractivity contribution in [3.05, 3.63) is 52.6 Å². The molecule has 1 N–H and O–H groups in total. The molecule has 0 spiro atoms. The summed E-state index contributed by atoms with van der Waals surface area (Å²) in [6.45, 7) is 1.45. The van der Waals surface area contributed by atoms with Gasteiger partial charge in [-0.3, -0.25) is 9.56 Å². The van der Waals surface area contributed by atoms with Crippen molar-refractivity contribution in [2.75, 3.05) is 0 Å². The summed E-state index contributed by atoms with van der Waals surface area (Å²) in [5.41, 5.74) is 2.27. The number of aliphatic imine (C=N–C) groups is 1. The highest BCUT2D eigenvalue weighted by Gasteiger charge is 2.34. The van der Waals surface area contributed by atoms with Gasteiger partial charge in [0.2, 0.25) is 0 Å². The summed E-state index contributed by atoms with van der Waals surface area (Å²) in [4.78, 5) is 3.93. The summed E-state index contributed by atoms with van der Waals surface area (Å²) in [6, 6.07) is 6.00. The molecule has 0 saturated heterocycles. The first-order chi connectivity index (χ1) is 13.7. The number of nitrogens with one attached hydrogen (secondary N) is 1. The normalized spacial score (nSPS) is 29.2. The van der Waals surface area contributed by atoms with Gasteiger partial charge in [-0.2, -0.15) is 0 Å². The lowest BCUT2D eigenvalue weighted by Crippen LogP contribution is -2.28. The predicted octanol–water partition coefficient (Wildman–Crippen LogP) is 4.35. The number of nitrogens with zero attached hydrogens (tertiary/aromatic N) is 4. The van der Waals surface area contributed by atoms with Crippen LogP contribution < -0.4 is 5.32 Å². The molecule has 3 heterocycles. The zero-order valence-electron chi connectivity index (χ0n) is 15.6. The molecule has 5 nitrogen and oxygen atoms in total. The van der Waals surface area contributed by atoms with Crippen molar-refractivity contribution in [2.24, 2.45) is 16.8 Å². The molecule has 2 aromatic rings. The van der Waals surface area contributed by atoms with E-state index < -0.39 is 6.30 Å². The molecule has 0 bridgehead atoms. The second-order valence-corrected chi connectivity index (χ2v) is 8.37. The van der Waals surface area contributed by atoms with Gasteiger partial charge in [0.15, 0.2) is 12.1 Å². The van der Waals surface area contributed by atoms with Crippen LogP contribution in [0.2, 0.25) is 5.02 Å². The van der Waals surface area contributed by atoms with Gasteiger partial charge in [0.05, 0.1) is 12.2 Å². The number of rotatable bonds is 2. The van der Waals surface area contributed by atoms with Crippen LogP contribution in [-0.2, 0) is 13.1 Å². The molecular formula is C21H23ClFN5. The Morgan fingerprint density at radius 1 is 1.11 bits per heavy atom. The smallest absolute Gasteiger partial charge is 0.196 e. The molecule has 1 aliphatic carbocycles. The van der Waals surface area contributed by atoms with Crippen LogP contribution >= 0.6 is 11.6 Å². The Morgan fingerprint density at radius 3 is 2.79 bits per heavy atom. The van der Waals surface area contributed by atoms with E-state index in [2.05, 4.69) is 31.1 Å².